The molecule has 1 unspecified atom stereocenters. The molecule has 0 aliphatic carbocycles. The van der Waals surface area contributed by atoms with Crippen LogP contribution in [0.25, 0.3) is 0 Å². The number of amides is 1. The maximum atomic E-state index is 12.6. The Balaban J connectivity index is 1.77. The molecule has 1 atom stereocenters. The van der Waals surface area contributed by atoms with Gasteiger partial charge < -0.3 is 10.2 Å². The summed E-state index contributed by atoms with van der Waals surface area (Å²) >= 11 is 5.94. The number of rotatable bonds is 4. The highest BCUT2D eigenvalue weighted by Crippen LogP contribution is 2.23. The topological polar surface area (TPSA) is 79.4 Å². The SMILES string of the molecule is Cc1cc(Cl)ccc1NC(=O)c1ccnc(N(C)C2CCS(=O)(=O)C2)c1. The average molecular weight is 394 g/mol. The van der Waals surface area contributed by atoms with E-state index in [-0.39, 0.29) is 23.5 Å². The second-order valence-electron chi connectivity index (χ2n) is 6.48. The van der Waals surface area contributed by atoms with Crippen LogP contribution in [0.3, 0.4) is 0 Å². The minimum absolute atomic E-state index is 0.117. The van der Waals surface area contributed by atoms with Crippen molar-refractivity contribution in [3.63, 3.8) is 0 Å². The number of nitrogens with one attached hydrogen (secondary N) is 1. The summed E-state index contributed by atoms with van der Waals surface area (Å²) in [5.74, 6) is 0.628. The van der Waals surface area contributed by atoms with Crippen molar-refractivity contribution in [3.8, 4) is 0 Å². The number of aromatic nitrogens is 1. The first-order chi connectivity index (χ1) is 12.2. The van der Waals surface area contributed by atoms with Gasteiger partial charge in [-0.05, 0) is 49.2 Å². The molecule has 1 amide bonds. The van der Waals surface area contributed by atoms with Gasteiger partial charge in [-0.25, -0.2) is 13.4 Å². The molecule has 1 fully saturated rings. The highest BCUT2D eigenvalue weighted by Gasteiger charge is 2.31. The molecular weight excluding hydrogens is 374 g/mol. The molecule has 1 aliphatic heterocycles. The summed E-state index contributed by atoms with van der Waals surface area (Å²) < 4.78 is 23.4. The van der Waals surface area contributed by atoms with Crippen LogP contribution in [0.5, 0.6) is 0 Å². The highest BCUT2D eigenvalue weighted by atomic mass is 35.5. The molecule has 2 heterocycles. The van der Waals surface area contributed by atoms with Gasteiger partial charge in [0, 0.05) is 35.6 Å². The number of carbonyl (C=O) groups is 1. The third-order valence-electron chi connectivity index (χ3n) is 4.56. The van der Waals surface area contributed by atoms with Crippen molar-refractivity contribution >= 4 is 38.9 Å². The molecule has 2 aromatic rings. The van der Waals surface area contributed by atoms with Crippen molar-refractivity contribution in [2.75, 3.05) is 28.8 Å². The summed E-state index contributed by atoms with van der Waals surface area (Å²) in [6.45, 7) is 1.87. The highest BCUT2D eigenvalue weighted by molar-refractivity contribution is 7.91. The zero-order valence-corrected chi connectivity index (χ0v) is 16.1. The summed E-state index contributed by atoms with van der Waals surface area (Å²) in [6.07, 6.45) is 2.12. The molecule has 3 rings (SSSR count). The minimum atomic E-state index is -2.98. The summed E-state index contributed by atoms with van der Waals surface area (Å²) in [4.78, 5) is 18.7. The first kappa shape index (κ1) is 18.7. The van der Waals surface area contributed by atoms with Gasteiger partial charge in [-0.2, -0.15) is 0 Å². The van der Waals surface area contributed by atoms with E-state index in [9.17, 15) is 13.2 Å². The van der Waals surface area contributed by atoms with E-state index >= 15 is 0 Å². The smallest absolute Gasteiger partial charge is 0.255 e. The summed E-state index contributed by atoms with van der Waals surface area (Å²) in [6, 6.07) is 8.44. The molecule has 1 aliphatic rings. The second kappa shape index (κ2) is 7.25. The van der Waals surface area contributed by atoms with Crippen molar-refractivity contribution in [1.82, 2.24) is 4.98 Å². The molecular formula is C18H20ClN3O3S. The molecule has 26 heavy (non-hydrogen) atoms. The van der Waals surface area contributed by atoms with E-state index in [4.69, 9.17) is 11.6 Å². The molecule has 0 radical (unpaired) electrons. The van der Waals surface area contributed by atoms with Gasteiger partial charge in [0.15, 0.2) is 9.84 Å². The number of benzene rings is 1. The maximum absolute atomic E-state index is 12.6. The minimum Gasteiger partial charge on any atom is -0.356 e. The lowest BCUT2D eigenvalue weighted by molar-refractivity contribution is 0.102. The Morgan fingerprint density at radius 3 is 2.73 bits per heavy atom. The summed E-state index contributed by atoms with van der Waals surface area (Å²) in [5, 5.41) is 3.47. The predicted molar refractivity (Wildman–Crippen MR) is 104 cm³/mol. The molecule has 1 N–H and O–H groups in total. The van der Waals surface area contributed by atoms with Crippen molar-refractivity contribution in [1.29, 1.82) is 0 Å². The number of hydrogen-bond acceptors (Lipinski definition) is 5. The van der Waals surface area contributed by atoms with Gasteiger partial charge in [-0.15, -0.1) is 0 Å². The number of halogens is 1. The Morgan fingerprint density at radius 2 is 2.08 bits per heavy atom. The van der Waals surface area contributed by atoms with E-state index in [1.807, 2.05) is 11.8 Å². The third kappa shape index (κ3) is 4.16. The van der Waals surface area contributed by atoms with Gasteiger partial charge in [0.1, 0.15) is 5.82 Å². The third-order valence-corrected chi connectivity index (χ3v) is 6.55. The fourth-order valence-corrected chi connectivity index (χ4v) is 4.98. The van der Waals surface area contributed by atoms with Crippen molar-refractivity contribution in [2.45, 2.75) is 19.4 Å². The van der Waals surface area contributed by atoms with Crippen LogP contribution in [-0.2, 0) is 9.84 Å². The lowest BCUT2D eigenvalue weighted by Crippen LogP contribution is -2.33. The number of aryl methyl sites for hydroxylation is 1. The van der Waals surface area contributed by atoms with Gasteiger partial charge in [0.25, 0.3) is 5.91 Å². The molecule has 6 nitrogen and oxygen atoms in total. The van der Waals surface area contributed by atoms with Crippen LogP contribution >= 0.6 is 11.6 Å². The number of sulfone groups is 1. The molecule has 0 bridgehead atoms. The molecule has 1 aromatic carbocycles. The van der Waals surface area contributed by atoms with Gasteiger partial charge >= 0.3 is 0 Å². The van der Waals surface area contributed by atoms with Crippen molar-refractivity contribution in [2.24, 2.45) is 0 Å². The zero-order valence-electron chi connectivity index (χ0n) is 14.6. The van der Waals surface area contributed by atoms with Gasteiger partial charge in [-0.1, -0.05) is 11.6 Å². The zero-order chi connectivity index (χ0) is 18.9. The summed E-state index contributed by atoms with van der Waals surface area (Å²) in [5.41, 5.74) is 2.01. The molecule has 0 saturated carbocycles. The van der Waals surface area contributed by atoms with E-state index in [0.29, 0.717) is 28.5 Å². The molecule has 1 saturated heterocycles. The monoisotopic (exact) mass is 393 g/mol. The Morgan fingerprint density at radius 1 is 1.31 bits per heavy atom. The molecule has 1 aromatic heterocycles. The van der Waals surface area contributed by atoms with Crippen LogP contribution in [0, 0.1) is 6.92 Å². The normalized spacial score (nSPS) is 18.5. The average Bonchev–Trinajstić information content (AvgIpc) is 2.96. The lowest BCUT2D eigenvalue weighted by Gasteiger charge is -2.24. The van der Waals surface area contributed by atoms with Gasteiger partial charge in [0.05, 0.1) is 11.5 Å². The standard InChI is InChI=1S/C18H20ClN3O3S/c1-12-9-14(19)3-4-16(12)21-18(23)13-5-7-20-17(10-13)22(2)15-6-8-26(24,25)11-15/h3-5,7,9-10,15H,6,8,11H2,1-2H3,(H,21,23). The Hall–Kier alpha value is -2.12. The maximum Gasteiger partial charge on any atom is 0.255 e. The number of hydrogen-bond donors (Lipinski definition) is 1. The summed E-state index contributed by atoms with van der Waals surface area (Å²) in [7, 11) is -1.18. The van der Waals surface area contributed by atoms with Crippen molar-refractivity contribution in [3.05, 3.63) is 52.7 Å². The Labute approximate surface area is 158 Å². The van der Waals surface area contributed by atoms with Crippen LogP contribution < -0.4 is 10.2 Å². The number of anilines is 2. The number of nitrogens with zero attached hydrogens (tertiary/aromatic N) is 2. The first-order valence-corrected chi connectivity index (χ1v) is 10.4. The van der Waals surface area contributed by atoms with Crippen LogP contribution in [-0.4, -0.2) is 43.9 Å². The van der Waals surface area contributed by atoms with Crippen LogP contribution in [0.2, 0.25) is 5.02 Å². The fourth-order valence-electron chi connectivity index (χ4n) is 2.98. The second-order valence-corrected chi connectivity index (χ2v) is 9.15. The molecule has 138 valence electrons. The van der Waals surface area contributed by atoms with E-state index in [1.165, 1.54) is 0 Å². The van der Waals surface area contributed by atoms with E-state index in [2.05, 4.69) is 10.3 Å². The van der Waals surface area contributed by atoms with Crippen LogP contribution in [0.15, 0.2) is 36.5 Å². The first-order valence-electron chi connectivity index (χ1n) is 8.22. The predicted octanol–water partition coefficient (Wildman–Crippen LogP) is 2.92. The van der Waals surface area contributed by atoms with Gasteiger partial charge in [-0.3, -0.25) is 4.79 Å². The Kier molecular flexibility index (Phi) is 5.20. The molecule has 8 heteroatoms. The molecule has 0 spiro atoms. The van der Waals surface area contributed by atoms with Gasteiger partial charge in [0.2, 0.25) is 0 Å². The van der Waals surface area contributed by atoms with Crippen LogP contribution in [0.4, 0.5) is 11.5 Å². The lowest BCUT2D eigenvalue weighted by atomic mass is 10.1. The van der Waals surface area contributed by atoms with E-state index in [1.54, 1.807) is 43.6 Å². The van der Waals surface area contributed by atoms with Crippen LogP contribution in [0.1, 0.15) is 22.3 Å². The van der Waals surface area contributed by atoms with E-state index < -0.39 is 9.84 Å². The quantitative estimate of drug-likeness (QED) is 0.863. The van der Waals surface area contributed by atoms with E-state index in [0.717, 1.165) is 5.56 Å². The largest absolute Gasteiger partial charge is 0.356 e. The number of pyridine rings is 1. The fraction of sp³-hybridized carbons (Fsp3) is 0.333. The number of carbonyl (C=O) groups excluding carboxylic acids is 1. The van der Waals surface area contributed by atoms with Crippen molar-refractivity contribution < 1.29 is 13.2 Å². The Bertz CT molecular complexity index is 946.